The Balaban J connectivity index is 2.61. The van der Waals surface area contributed by atoms with E-state index >= 15 is 0 Å². The van der Waals surface area contributed by atoms with Crippen molar-refractivity contribution < 1.29 is 23.1 Å². The Morgan fingerprint density at radius 1 is 1.37 bits per heavy atom. The maximum Gasteiger partial charge on any atom is 0.329 e. The molecule has 19 heavy (non-hydrogen) atoms. The lowest BCUT2D eigenvalue weighted by atomic mass is 9.76. The third kappa shape index (κ3) is 3.90. The summed E-state index contributed by atoms with van der Waals surface area (Å²) < 4.78 is 25.3. The molecule has 1 fully saturated rings. The quantitative estimate of drug-likeness (QED) is 0.603. The smallest absolute Gasteiger partial charge is 0.329 e. The first-order valence-corrected chi connectivity index (χ1v) is 7.93. The fourth-order valence-electron chi connectivity index (χ4n) is 1.92. The van der Waals surface area contributed by atoms with E-state index in [4.69, 9.17) is 5.11 Å². The topological polar surface area (TPSA) is 113 Å². The van der Waals surface area contributed by atoms with Gasteiger partial charge in [0, 0.05) is 0 Å². The Hall–Kier alpha value is -1.15. The zero-order valence-electron chi connectivity index (χ0n) is 11.1. The Morgan fingerprint density at radius 3 is 2.32 bits per heavy atom. The Labute approximate surface area is 112 Å². The zero-order chi connectivity index (χ0) is 14.7. The molecule has 0 aliphatic heterocycles. The van der Waals surface area contributed by atoms with Crippen LogP contribution in [0.1, 0.15) is 39.5 Å². The normalized spacial score (nSPS) is 19.3. The van der Waals surface area contributed by atoms with E-state index in [-0.39, 0.29) is 5.75 Å². The number of sulfonamides is 1. The molecule has 1 aliphatic rings. The van der Waals surface area contributed by atoms with Crippen LogP contribution in [0.15, 0.2) is 0 Å². The van der Waals surface area contributed by atoms with Gasteiger partial charge < -0.3 is 10.4 Å². The van der Waals surface area contributed by atoms with Gasteiger partial charge in [-0.05, 0) is 32.6 Å². The minimum Gasteiger partial charge on any atom is -0.480 e. The molecule has 0 aromatic rings. The van der Waals surface area contributed by atoms with Gasteiger partial charge in [-0.25, -0.2) is 17.9 Å². The van der Waals surface area contributed by atoms with Crippen molar-refractivity contribution in [2.45, 2.75) is 51.1 Å². The van der Waals surface area contributed by atoms with E-state index in [2.05, 4.69) is 10.0 Å². The highest BCUT2D eigenvalue weighted by Gasteiger charge is 2.46. The molecule has 0 bridgehead atoms. The van der Waals surface area contributed by atoms with E-state index in [1.54, 1.807) is 6.92 Å². The number of carbonyl (C=O) groups excluding carboxylic acids is 1. The van der Waals surface area contributed by atoms with Gasteiger partial charge in [0.05, 0.1) is 11.8 Å². The van der Waals surface area contributed by atoms with Crippen LogP contribution in [0.2, 0.25) is 0 Å². The Morgan fingerprint density at radius 2 is 1.95 bits per heavy atom. The monoisotopic (exact) mass is 292 g/mol. The van der Waals surface area contributed by atoms with E-state index in [1.165, 1.54) is 6.92 Å². The molecular formula is C11H20N2O5S. The van der Waals surface area contributed by atoms with Crippen molar-refractivity contribution in [1.29, 1.82) is 0 Å². The minimum atomic E-state index is -3.50. The molecule has 0 saturated heterocycles. The molecule has 0 radical (unpaired) electrons. The number of amides is 1. The predicted octanol–water partition coefficient (Wildman–Crippen LogP) is -0.172. The lowest BCUT2D eigenvalue weighted by molar-refractivity contribution is -0.152. The number of nitrogens with one attached hydrogen (secondary N) is 2. The van der Waals surface area contributed by atoms with Gasteiger partial charge in [0.1, 0.15) is 5.54 Å². The van der Waals surface area contributed by atoms with E-state index in [9.17, 15) is 18.0 Å². The summed E-state index contributed by atoms with van der Waals surface area (Å²) in [5.74, 6) is -1.74. The van der Waals surface area contributed by atoms with Crippen molar-refractivity contribution in [3.63, 3.8) is 0 Å². The summed E-state index contributed by atoms with van der Waals surface area (Å²) in [7, 11) is -3.50. The second kappa shape index (κ2) is 5.87. The fraction of sp³-hybridized carbons (Fsp3) is 0.818. The molecule has 110 valence electrons. The average molecular weight is 292 g/mol. The standard InChI is InChI=1S/C11H20N2O5S/c1-3-7-19(17,18)13-8(2)9(14)12-11(10(15)16)5-4-6-11/h8,13H,3-7H2,1-2H3,(H,12,14)(H,15,16). The van der Waals surface area contributed by atoms with Crippen molar-refractivity contribution in [3.8, 4) is 0 Å². The lowest BCUT2D eigenvalue weighted by Crippen LogP contribution is -2.62. The maximum absolute atomic E-state index is 11.8. The molecule has 8 heteroatoms. The van der Waals surface area contributed by atoms with E-state index in [0.717, 1.165) is 6.42 Å². The van der Waals surface area contributed by atoms with Crippen molar-refractivity contribution in [2.75, 3.05) is 5.75 Å². The average Bonchev–Trinajstić information content (AvgIpc) is 2.21. The van der Waals surface area contributed by atoms with Crippen LogP contribution < -0.4 is 10.0 Å². The van der Waals surface area contributed by atoms with Crippen LogP contribution in [-0.2, 0) is 19.6 Å². The molecule has 1 atom stereocenters. The number of hydrogen-bond acceptors (Lipinski definition) is 4. The first-order valence-electron chi connectivity index (χ1n) is 6.28. The van der Waals surface area contributed by atoms with Gasteiger partial charge in [-0.1, -0.05) is 6.92 Å². The lowest BCUT2D eigenvalue weighted by Gasteiger charge is -2.38. The number of aliphatic carboxylic acids is 1. The van der Waals surface area contributed by atoms with Gasteiger partial charge in [-0.2, -0.15) is 0 Å². The summed E-state index contributed by atoms with van der Waals surface area (Å²) in [6, 6.07) is -0.978. The molecule has 7 nitrogen and oxygen atoms in total. The first-order chi connectivity index (χ1) is 8.72. The summed E-state index contributed by atoms with van der Waals surface area (Å²) in [5.41, 5.74) is -1.22. The predicted molar refractivity (Wildman–Crippen MR) is 69.0 cm³/mol. The SMILES string of the molecule is CCCS(=O)(=O)NC(C)C(=O)NC1(C(=O)O)CCC1. The van der Waals surface area contributed by atoms with E-state index in [0.29, 0.717) is 19.3 Å². The van der Waals surface area contributed by atoms with Gasteiger partial charge in [0.2, 0.25) is 15.9 Å². The molecule has 1 amide bonds. The van der Waals surface area contributed by atoms with Crippen LogP contribution in [0.25, 0.3) is 0 Å². The van der Waals surface area contributed by atoms with Crippen LogP contribution in [-0.4, -0.2) is 42.7 Å². The zero-order valence-corrected chi connectivity index (χ0v) is 11.9. The molecule has 1 aliphatic carbocycles. The van der Waals surface area contributed by atoms with E-state index in [1.807, 2.05) is 0 Å². The van der Waals surface area contributed by atoms with Crippen molar-refractivity contribution >= 4 is 21.9 Å². The number of rotatable bonds is 7. The number of hydrogen-bond donors (Lipinski definition) is 3. The van der Waals surface area contributed by atoms with Gasteiger partial charge in [-0.3, -0.25) is 4.79 Å². The van der Waals surface area contributed by atoms with Gasteiger partial charge in [0.25, 0.3) is 0 Å². The molecule has 3 N–H and O–H groups in total. The second-order valence-electron chi connectivity index (χ2n) is 4.89. The minimum absolute atomic E-state index is 0.0608. The third-order valence-corrected chi connectivity index (χ3v) is 4.86. The molecular weight excluding hydrogens is 272 g/mol. The molecule has 0 aromatic carbocycles. The Bertz CT molecular complexity index is 456. The molecule has 0 spiro atoms. The molecule has 1 unspecified atom stereocenters. The van der Waals surface area contributed by atoms with Crippen LogP contribution in [0.4, 0.5) is 0 Å². The van der Waals surface area contributed by atoms with Crippen LogP contribution in [0.3, 0.4) is 0 Å². The molecule has 0 aromatic heterocycles. The number of carboxylic acids is 1. The maximum atomic E-state index is 11.8. The van der Waals surface area contributed by atoms with Crippen molar-refractivity contribution in [3.05, 3.63) is 0 Å². The highest BCUT2D eigenvalue weighted by atomic mass is 32.2. The van der Waals surface area contributed by atoms with Crippen LogP contribution >= 0.6 is 0 Å². The largest absolute Gasteiger partial charge is 0.480 e. The number of carboxylic acid groups (broad SMARTS) is 1. The van der Waals surface area contributed by atoms with E-state index < -0.39 is 33.5 Å². The summed E-state index contributed by atoms with van der Waals surface area (Å²) >= 11 is 0. The van der Waals surface area contributed by atoms with Crippen LogP contribution in [0.5, 0.6) is 0 Å². The van der Waals surface area contributed by atoms with Crippen molar-refractivity contribution in [2.24, 2.45) is 0 Å². The molecule has 1 saturated carbocycles. The highest BCUT2D eigenvalue weighted by molar-refractivity contribution is 7.89. The highest BCUT2D eigenvalue weighted by Crippen LogP contribution is 2.32. The van der Waals surface area contributed by atoms with Gasteiger partial charge in [-0.15, -0.1) is 0 Å². The summed E-state index contributed by atoms with van der Waals surface area (Å²) in [6.45, 7) is 3.12. The van der Waals surface area contributed by atoms with Gasteiger partial charge in [0.15, 0.2) is 0 Å². The molecule has 0 heterocycles. The third-order valence-electron chi connectivity index (χ3n) is 3.20. The fourth-order valence-corrected chi connectivity index (χ4v) is 3.22. The summed E-state index contributed by atoms with van der Waals surface area (Å²) in [6.07, 6.45) is 1.94. The second-order valence-corrected chi connectivity index (χ2v) is 6.76. The Kier molecular flexibility index (Phi) is 4.92. The van der Waals surface area contributed by atoms with Gasteiger partial charge >= 0.3 is 5.97 Å². The summed E-state index contributed by atoms with van der Waals surface area (Å²) in [4.78, 5) is 22.9. The van der Waals surface area contributed by atoms with Crippen LogP contribution in [0, 0.1) is 0 Å². The summed E-state index contributed by atoms with van der Waals surface area (Å²) in [5, 5.41) is 11.5. The molecule has 1 rings (SSSR count). The van der Waals surface area contributed by atoms with Crippen molar-refractivity contribution in [1.82, 2.24) is 10.0 Å². The number of carbonyl (C=O) groups is 2. The first kappa shape index (κ1) is 15.9.